The lowest BCUT2D eigenvalue weighted by molar-refractivity contribution is -0.153. The van der Waals surface area contributed by atoms with E-state index in [0.717, 1.165) is 5.57 Å². The van der Waals surface area contributed by atoms with E-state index in [4.69, 9.17) is 9.94 Å². The predicted molar refractivity (Wildman–Crippen MR) is 90.4 cm³/mol. The number of hydroxylamine groups is 1. The molecule has 0 fully saturated rings. The number of carbonyl (C=O) groups is 2. The molecule has 0 saturated carbocycles. The summed E-state index contributed by atoms with van der Waals surface area (Å²) in [5.41, 5.74) is 0.593. The van der Waals surface area contributed by atoms with Crippen LogP contribution in [0.25, 0.3) is 0 Å². The van der Waals surface area contributed by atoms with E-state index >= 15 is 0 Å². The van der Waals surface area contributed by atoms with E-state index in [0.29, 0.717) is 5.76 Å². The quantitative estimate of drug-likeness (QED) is 0.235. The van der Waals surface area contributed by atoms with Crippen LogP contribution in [0.1, 0.15) is 41.0 Å². The fourth-order valence-electron chi connectivity index (χ4n) is 2.12. The lowest BCUT2D eigenvalue weighted by atomic mass is 9.74. The molecule has 0 radical (unpaired) electrons. The maximum absolute atomic E-state index is 12.4. The first kappa shape index (κ1) is 20.9. The fourth-order valence-corrected chi connectivity index (χ4v) is 2.12. The zero-order valence-electron chi connectivity index (χ0n) is 14.6. The molecule has 0 spiro atoms. The van der Waals surface area contributed by atoms with Gasteiger partial charge in [0.15, 0.2) is 0 Å². The molecule has 0 atom stereocenters. The Bertz CT molecular complexity index is 539. The highest BCUT2D eigenvalue weighted by molar-refractivity contribution is 5.83. The third kappa shape index (κ3) is 7.10. The van der Waals surface area contributed by atoms with Gasteiger partial charge in [0.2, 0.25) is 5.91 Å². The molecule has 2 N–H and O–H groups in total. The molecule has 1 amide bonds. The van der Waals surface area contributed by atoms with Crippen molar-refractivity contribution in [1.29, 1.82) is 0 Å². The SMILES string of the molecule is C=C/C=C(\C=C/C(=C)C)OC(=O)C(C)(C)CC(C)(C)C(=O)NO. The summed E-state index contributed by atoms with van der Waals surface area (Å²) in [6.07, 6.45) is 6.64. The van der Waals surface area contributed by atoms with E-state index in [1.807, 2.05) is 6.92 Å². The molecular formula is C18H27NO4. The lowest BCUT2D eigenvalue weighted by Gasteiger charge is -2.31. The minimum Gasteiger partial charge on any atom is -0.426 e. The first-order chi connectivity index (χ1) is 10.5. The fraction of sp³-hybridized carbons (Fsp3) is 0.444. The second kappa shape index (κ2) is 8.48. The molecule has 0 aromatic heterocycles. The summed E-state index contributed by atoms with van der Waals surface area (Å²) < 4.78 is 5.39. The van der Waals surface area contributed by atoms with Gasteiger partial charge >= 0.3 is 5.97 Å². The van der Waals surface area contributed by atoms with Crippen LogP contribution in [-0.4, -0.2) is 17.1 Å². The zero-order valence-corrected chi connectivity index (χ0v) is 14.6. The number of ether oxygens (including phenoxy) is 1. The molecule has 5 heteroatoms. The van der Waals surface area contributed by atoms with Gasteiger partial charge in [-0.05, 0) is 39.3 Å². The maximum Gasteiger partial charge on any atom is 0.316 e. The molecule has 0 aliphatic heterocycles. The average molecular weight is 321 g/mol. The maximum atomic E-state index is 12.4. The van der Waals surface area contributed by atoms with Crippen molar-refractivity contribution in [3.8, 4) is 0 Å². The molecule has 128 valence electrons. The van der Waals surface area contributed by atoms with Gasteiger partial charge in [-0.15, -0.1) is 0 Å². The van der Waals surface area contributed by atoms with Gasteiger partial charge in [-0.3, -0.25) is 14.8 Å². The minimum atomic E-state index is -0.923. The number of hydrogen-bond acceptors (Lipinski definition) is 4. The van der Waals surface area contributed by atoms with Crippen molar-refractivity contribution in [1.82, 2.24) is 5.48 Å². The van der Waals surface area contributed by atoms with Crippen molar-refractivity contribution in [2.24, 2.45) is 10.8 Å². The highest BCUT2D eigenvalue weighted by Gasteiger charge is 2.40. The molecule has 0 aromatic rings. The van der Waals surface area contributed by atoms with E-state index in [1.54, 1.807) is 51.4 Å². The van der Waals surface area contributed by atoms with Crippen molar-refractivity contribution in [2.75, 3.05) is 0 Å². The molecule has 23 heavy (non-hydrogen) atoms. The monoisotopic (exact) mass is 321 g/mol. The number of rotatable bonds is 8. The number of amides is 1. The Morgan fingerprint density at radius 1 is 1.17 bits per heavy atom. The highest BCUT2D eigenvalue weighted by Crippen LogP contribution is 2.35. The summed E-state index contributed by atoms with van der Waals surface area (Å²) in [4.78, 5) is 24.1. The van der Waals surface area contributed by atoms with Gasteiger partial charge in [0.1, 0.15) is 5.76 Å². The van der Waals surface area contributed by atoms with E-state index in [2.05, 4.69) is 13.2 Å². The Balaban J connectivity index is 5.18. The van der Waals surface area contributed by atoms with Crippen LogP contribution >= 0.6 is 0 Å². The second-order valence-electron chi connectivity index (χ2n) is 6.76. The van der Waals surface area contributed by atoms with Crippen LogP contribution in [0.3, 0.4) is 0 Å². The van der Waals surface area contributed by atoms with Crippen molar-refractivity contribution >= 4 is 11.9 Å². The first-order valence-corrected chi connectivity index (χ1v) is 7.29. The summed E-state index contributed by atoms with van der Waals surface area (Å²) in [6.45, 7) is 15.8. The highest BCUT2D eigenvalue weighted by atomic mass is 16.5. The van der Waals surface area contributed by atoms with Crippen LogP contribution in [0.2, 0.25) is 0 Å². The topological polar surface area (TPSA) is 75.6 Å². The lowest BCUT2D eigenvalue weighted by Crippen LogP contribution is -2.41. The van der Waals surface area contributed by atoms with E-state index in [1.165, 1.54) is 6.08 Å². The van der Waals surface area contributed by atoms with Gasteiger partial charge in [0, 0.05) is 5.41 Å². The number of carbonyl (C=O) groups excluding carboxylic acids is 2. The van der Waals surface area contributed by atoms with Crippen molar-refractivity contribution < 1.29 is 19.5 Å². The molecular weight excluding hydrogens is 294 g/mol. The number of nitrogens with one attached hydrogen (secondary N) is 1. The third-order valence-corrected chi connectivity index (χ3v) is 3.18. The summed E-state index contributed by atoms with van der Waals surface area (Å²) in [5, 5.41) is 8.79. The number of allylic oxidation sites excluding steroid dienone is 5. The Kier molecular flexibility index (Phi) is 7.69. The third-order valence-electron chi connectivity index (χ3n) is 3.18. The molecule has 0 heterocycles. The normalized spacial score (nSPS) is 12.9. The average Bonchev–Trinajstić information content (AvgIpc) is 2.42. The van der Waals surface area contributed by atoms with Crippen molar-refractivity contribution in [2.45, 2.75) is 41.0 Å². The van der Waals surface area contributed by atoms with Crippen LogP contribution in [0, 0.1) is 10.8 Å². The molecule has 5 nitrogen and oxygen atoms in total. The summed E-state index contributed by atoms with van der Waals surface area (Å²) in [6, 6.07) is 0. The van der Waals surface area contributed by atoms with Crippen LogP contribution in [0.5, 0.6) is 0 Å². The number of hydrogen-bond donors (Lipinski definition) is 2. The first-order valence-electron chi connectivity index (χ1n) is 7.29. The van der Waals surface area contributed by atoms with E-state index < -0.39 is 22.7 Å². The standard InChI is InChI=1S/C18H27NO4/c1-8-9-14(11-10-13(2)3)23-16(21)18(6,7)12-17(4,5)15(20)19-22/h8-11,22H,1-2,12H2,3-7H3,(H,19,20)/b11-10-,14-9+. The smallest absolute Gasteiger partial charge is 0.316 e. The van der Waals surface area contributed by atoms with Crippen LogP contribution < -0.4 is 5.48 Å². The molecule has 0 bridgehead atoms. The van der Waals surface area contributed by atoms with Gasteiger partial charge in [-0.1, -0.05) is 44.7 Å². The van der Waals surface area contributed by atoms with Crippen molar-refractivity contribution in [3.05, 3.63) is 48.8 Å². The molecule has 0 saturated heterocycles. The van der Waals surface area contributed by atoms with Gasteiger partial charge < -0.3 is 4.74 Å². The summed E-state index contributed by atoms with van der Waals surface area (Å²) >= 11 is 0. The van der Waals surface area contributed by atoms with Crippen LogP contribution in [0.15, 0.2) is 48.8 Å². The molecule has 0 aliphatic carbocycles. The Hall–Kier alpha value is -2.14. The summed E-state index contributed by atoms with van der Waals surface area (Å²) in [7, 11) is 0. The van der Waals surface area contributed by atoms with Gasteiger partial charge in [-0.25, -0.2) is 5.48 Å². The Morgan fingerprint density at radius 2 is 1.74 bits per heavy atom. The second-order valence-corrected chi connectivity index (χ2v) is 6.76. The molecule has 0 unspecified atom stereocenters. The van der Waals surface area contributed by atoms with Gasteiger partial charge in [0.25, 0.3) is 0 Å². The number of esters is 1. The van der Waals surface area contributed by atoms with Gasteiger partial charge in [0.05, 0.1) is 5.41 Å². The zero-order chi connectivity index (χ0) is 18.3. The Labute approximate surface area is 138 Å². The van der Waals surface area contributed by atoms with E-state index in [-0.39, 0.29) is 6.42 Å². The Morgan fingerprint density at radius 3 is 2.17 bits per heavy atom. The minimum absolute atomic E-state index is 0.205. The van der Waals surface area contributed by atoms with E-state index in [9.17, 15) is 9.59 Å². The van der Waals surface area contributed by atoms with Gasteiger partial charge in [-0.2, -0.15) is 0 Å². The predicted octanol–water partition coefficient (Wildman–Crippen LogP) is 3.68. The molecule has 0 aromatic carbocycles. The summed E-state index contributed by atoms with van der Waals surface area (Å²) in [5.74, 6) is -0.691. The molecule has 0 aliphatic rings. The van der Waals surface area contributed by atoms with Crippen LogP contribution in [0.4, 0.5) is 0 Å². The van der Waals surface area contributed by atoms with Crippen molar-refractivity contribution in [3.63, 3.8) is 0 Å². The largest absolute Gasteiger partial charge is 0.426 e. The van der Waals surface area contributed by atoms with Crippen LogP contribution in [-0.2, 0) is 14.3 Å². The molecule has 0 rings (SSSR count).